The van der Waals surface area contributed by atoms with Crippen molar-refractivity contribution in [2.45, 2.75) is 19.5 Å². The smallest absolute Gasteiger partial charge is 0.322 e. The molecule has 7 heteroatoms. The van der Waals surface area contributed by atoms with Crippen molar-refractivity contribution in [2.75, 3.05) is 18.5 Å². The Hall–Kier alpha value is -3.35. The Morgan fingerprint density at radius 1 is 1.07 bits per heavy atom. The maximum Gasteiger partial charge on any atom is 0.322 e. The minimum absolute atomic E-state index is 0.385. The monoisotopic (exact) mass is 397 g/mol. The molecule has 1 N–H and O–H groups in total. The van der Waals surface area contributed by atoms with Crippen LogP contribution >= 0.6 is 0 Å². The summed E-state index contributed by atoms with van der Waals surface area (Å²) in [5, 5.41) is 2.41. The molecule has 1 aliphatic heterocycles. The number of benzene rings is 2. The third-order valence-corrected chi connectivity index (χ3v) is 5.00. The maximum atomic E-state index is 14.0. The summed E-state index contributed by atoms with van der Waals surface area (Å²) < 4.78 is 35.6. The van der Waals surface area contributed by atoms with Gasteiger partial charge < -0.3 is 19.5 Å². The zero-order valence-corrected chi connectivity index (χ0v) is 15.9. The second-order valence-corrected chi connectivity index (χ2v) is 6.75. The number of ether oxygens (including phenoxy) is 1. The van der Waals surface area contributed by atoms with Crippen LogP contribution in [0.2, 0.25) is 0 Å². The van der Waals surface area contributed by atoms with Gasteiger partial charge in [0.15, 0.2) is 0 Å². The highest BCUT2D eigenvalue weighted by atomic mass is 19.1. The van der Waals surface area contributed by atoms with Crippen LogP contribution in [0, 0.1) is 11.6 Å². The summed E-state index contributed by atoms with van der Waals surface area (Å²) >= 11 is 0. The molecule has 0 aliphatic carbocycles. The first-order valence-electron chi connectivity index (χ1n) is 9.48. The molecule has 2 heterocycles. The Kier molecular flexibility index (Phi) is 5.20. The number of anilines is 1. The lowest BCUT2D eigenvalue weighted by molar-refractivity contribution is 0.181. The molecule has 0 radical (unpaired) electrons. The van der Waals surface area contributed by atoms with Gasteiger partial charge in [-0.2, -0.15) is 0 Å². The van der Waals surface area contributed by atoms with E-state index < -0.39 is 23.4 Å². The molecule has 1 atom stereocenters. The van der Waals surface area contributed by atoms with Gasteiger partial charge in [0.2, 0.25) is 0 Å². The van der Waals surface area contributed by atoms with Crippen LogP contribution in [0.3, 0.4) is 0 Å². The maximum absolute atomic E-state index is 14.0. The van der Waals surface area contributed by atoms with Crippen LogP contribution in [-0.4, -0.2) is 28.6 Å². The van der Waals surface area contributed by atoms with Crippen molar-refractivity contribution in [3.63, 3.8) is 0 Å². The Balaban J connectivity index is 1.67. The summed E-state index contributed by atoms with van der Waals surface area (Å²) in [5.41, 5.74) is 1.38. The van der Waals surface area contributed by atoms with Gasteiger partial charge in [-0.05, 0) is 48.9 Å². The molecule has 1 aromatic heterocycles. The van der Waals surface area contributed by atoms with Gasteiger partial charge in [0.25, 0.3) is 0 Å². The van der Waals surface area contributed by atoms with Crippen LogP contribution in [0.15, 0.2) is 60.8 Å². The first-order chi connectivity index (χ1) is 14.1. The molecule has 1 aliphatic rings. The molecule has 0 unspecified atom stereocenters. The average Bonchev–Trinajstić information content (AvgIpc) is 3.20. The standard InChI is InChI=1S/C22H21F2N3O2/c1-2-29-16-10-8-15(9-11-16)21-19-7-4-12-26(19)13-14-27(21)22(28)25-20-17(23)5-3-6-18(20)24/h3-12,21H,2,13-14H2,1H3,(H,25,28)/t21-/m1/s1. The number of nitrogens with zero attached hydrogens (tertiary/aromatic N) is 2. The van der Waals surface area contributed by atoms with E-state index in [1.165, 1.54) is 6.07 Å². The van der Waals surface area contributed by atoms with Gasteiger partial charge in [-0.15, -0.1) is 0 Å². The van der Waals surface area contributed by atoms with Gasteiger partial charge in [0, 0.05) is 25.0 Å². The predicted octanol–water partition coefficient (Wildman–Crippen LogP) is 4.80. The number of carbonyl (C=O) groups is 1. The summed E-state index contributed by atoms with van der Waals surface area (Å²) in [4.78, 5) is 14.6. The molecule has 4 rings (SSSR count). The molecule has 150 valence electrons. The normalized spacial score (nSPS) is 15.7. The van der Waals surface area contributed by atoms with Crippen LogP contribution in [0.5, 0.6) is 5.75 Å². The molecule has 0 bridgehead atoms. The van der Waals surface area contributed by atoms with Crippen molar-refractivity contribution >= 4 is 11.7 Å². The summed E-state index contributed by atoms with van der Waals surface area (Å²) in [7, 11) is 0. The van der Waals surface area contributed by atoms with Crippen molar-refractivity contribution in [3.8, 4) is 5.75 Å². The van der Waals surface area contributed by atoms with Crippen LogP contribution in [0.25, 0.3) is 0 Å². The lowest BCUT2D eigenvalue weighted by atomic mass is 10.00. The molecule has 0 saturated heterocycles. The molecule has 0 saturated carbocycles. The molecular formula is C22H21F2N3O2. The number of halogens is 2. The minimum atomic E-state index is -0.809. The third kappa shape index (κ3) is 3.68. The third-order valence-electron chi connectivity index (χ3n) is 5.00. The molecule has 3 aromatic rings. The summed E-state index contributed by atoms with van der Waals surface area (Å²) in [6.07, 6.45) is 1.96. The van der Waals surface area contributed by atoms with Crippen LogP contribution < -0.4 is 10.1 Å². The van der Waals surface area contributed by atoms with Gasteiger partial charge in [-0.1, -0.05) is 18.2 Å². The van der Waals surface area contributed by atoms with E-state index in [-0.39, 0.29) is 6.04 Å². The molecule has 0 fully saturated rings. The van der Waals surface area contributed by atoms with E-state index in [0.29, 0.717) is 19.7 Å². The predicted molar refractivity (Wildman–Crippen MR) is 106 cm³/mol. The molecule has 5 nitrogen and oxygen atoms in total. The van der Waals surface area contributed by atoms with Crippen molar-refractivity contribution < 1.29 is 18.3 Å². The quantitative estimate of drug-likeness (QED) is 0.687. The number of fused-ring (bicyclic) bond motifs is 1. The van der Waals surface area contributed by atoms with Crippen LogP contribution in [0.4, 0.5) is 19.3 Å². The molecule has 2 amide bonds. The van der Waals surface area contributed by atoms with Crippen molar-refractivity contribution in [2.24, 2.45) is 0 Å². The van der Waals surface area contributed by atoms with E-state index in [2.05, 4.69) is 9.88 Å². The number of amides is 2. The first-order valence-corrected chi connectivity index (χ1v) is 9.48. The average molecular weight is 397 g/mol. The van der Waals surface area contributed by atoms with E-state index >= 15 is 0 Å². The number of urea groups is 1. The van der Waals surface area contributed by atoms with E-state index in [1.54, 1.807) is 4.90 Å². The Morgan fingerprint density at radius 3 is 2.48 bits per heavy atom. The van der Waals surface area contributed by atoms with Gasteiger partial charge in [0.1, 0.15) is 23.1 Å². The van der Waals surface area contributed by atoms with E-state index in [1.807, 2.05) is 49.5 Å². The SMILES string of the molecule is CCOc1ccc([C@@H]2c3cccn3CCN2C(=O)Nc2c(F)cccc2F)cc1. The zero-order chi connectivity index (χ0) is 20.4. The number of nitrogens with one attached hydrogen (secondary N) is 1. The van der Waals surface area contributed by atoms with Gasteiger partial charge in [-0.25, -0.2) is 13.6 Å². The summed E-state index contributed by atoms with van der Waals surface area (Å²) in [6.45, 7) is 3.48. The number of aromatic nitrogens is 1. The fourth-order valence-electron chi connectivity index (χ4n) is 3.66. The second-order valence-electron chi connectivity index (χ2n) is 6.75. The number of hydrogen-bond acceptors (Lipinski definition) is 2. The molecule has 0 spiro atoms. The lowest BCUT2D eigenvalue weighted by Gasteiger charge is -2.37. The van der Waals surface area contributed by atoms with Gasteiger partial charge in [-0.3, -0.25) is 0 Å². The van der Waals surface area contributed by atoms with E-state index in [9.17, 15) is 13.6 Å². The van der Waals surface area contributed by atoms with E-state index in [4.69, 9.17) is 4.74 Å². The van der Waals surface area contributed by atoms with Crippen molar-refractivity contribution in [1.82, 2.24) is 9.47 Å². The Bertz CT molecular complexity index is 997. The largest absolute Gasteiger partial charge is 0.494 e. The van der Waals surface area contributed by atoms with Gasteiger partial charge >= 0.3 is 6.03 Å². The molecule has 2 aromatic carbocycles. The zero-order valence-electron chi connectivity index (χ0n) is 15.9. The topological polar surface area (TPSA) is 46.5 Å². The van der Waals surface area contributed by atoms with Crippen LogP contribution in [-0.2, 0) is 6.54 Å². The highest BCUT2D eigenvalue weighted by Gasteiger charge is 2.32. The number of carbonyl (C=O) groups excluding carboxylic acids is 1. The number of hydrogen-bond donors (Lipinski definition) is 1. The highest BCUT2D eigenvalue weighted by Crippen LogP contribution is 2.34. The highest BCUT2D eigenvalue weighted by molar-refractivity contribution is 5.90. The second kappa shape index (κ2) is 7.95. The van der Waals surface area contributed by atoms with Crippen LogP contribution in [0.1, 0.15) is 24.2 Å². The Labute approximate surface area is 167 Å². The fraction of sp³-hybridized carbons (Fsp3) is 0.227. The molecular weight excluding hydrogens is 376 g/mol. The van der Waals surface area contributed by atoms with E-state index in [0.717, 1.165) is 29.1 Å². The fourth-order valence-corrected chi connectivity index (χ4v) is 3.66. The molecule has 29 heavy (non-hydrogen) atoms. The van der Waals surface area contributed by atoms with Gasteiger partial charge in [0.05, 0.1) is 12.6 Å². The van der Waals surface area contributed by atoms with Crippen molar-refractivity contribution in [1.29, 1.82) is 0 Å². The number of para-hydroxylation sites is 1. The first kappa shape index (κ1) is 19.0. The van der Waals surface area contributed by atoms with Crippen molar-refractivity contribution in [3.05, 3.63) is 83.7 Å². The minimum Gasteiger partial charge on any atom is -0.494 e. The Morgan fingerprint density at radius 2 is 1.79 bits per heavy atom. The summed E-state index contributed by atoms with van der Waals surface area (Å²) in [5.74, 6) is -0.875. The number of rotatable bonds is 4. The lowest BCUT2D eigenvalue weighted by Crippen LogP contribution is -2.44. The summed E-state index contributed by atoms with van der Waals surface area (Å²) in [6, 6.07) is 13.9.